The number of para-hydroxylation sites is 2. The van der Waals surface area contributed by atoms with Gasteiger partial charge < -0.3 is 4.74 Å². The van der Waals surface area contributed by atoms with Crippen molar-refractivity contribution in [1.82, 2.24) is 9.38 Å². The summed E-state index contributed by atoms with van der Waals surface area (Å²) >= 11 is 13.5. The van der Waals surface area contributed by atoms with Crippen LogP contribution in [0.1, 0.15) is 5.56 Å². The van der Waals surface area contributed by atoms with Gasteiger partial charge in [0, 0.05) is 10.6 Å². The van der Waals surface area contributed by atoms with Crippen LogP contribution < -0.4 is 14.8 Å². The van der Waals surface area contributed by atoms with Crippen molar-refractivity contribution in [2.24, 2.45) is 0 Å². The first kappa shape index (κ1) is 15.4. The van der Waals surface area contributed by atoms with E-state index in [2.05, 4.69) is 4.98 Å². The van der Waals surface area contributed by atoms with Crippen molar-refractivity contribution in [3.05, 3.63) is 66.9 Å². The lowest BCUT2D eigenvalue weighted by atomic mass is 10.2. The minimum atomic E-state index is -0.123. The molecule has 2 aromatic heterocycles. The molecule has 0 aliphatic carbocycles. The van der Waals surface area contributed by atoms with Crippen LogP contribution in [-0.4, -0.2) is 16.5 Å². The number of hydrogen-bond acceptors (Lipinski definition) is 4. The highest BCUT2D eigenvalue weighted by Crippen LogP contribution is 2.32. The van der Waals surface area contributed by atoms with Crippen LogP contribution in [0, 0.1) is 0 Å². The molecule has 0 fully saturated rings. The molecule has 0 N–H and O–H groups in total. The average Bonchev–Trinajstić information content (AvgIpc) is 3.04. The maximum absolute atomic E-state index is 12.8. The molecule has 2 aromatic carbocycles. The second-order valence-electron chi connectivity index (χ2n) is 5.14. The Bertz CT molecular complexity index is 1200. The molecule has 0 radical (unpaired) electrons. The van der Waals surface area contributed by atoms with Gasteiger partial charge in [0.25, 0.3) is 5.56 Å². The standard InChI is InChI=1S/C17H10Cl2N2O2S/c1-23-15-9(6-10(18)8-11(15)19)7-14-16(22)21-13-5-3-2-4-12(13)20-17(21)24-14/h2-8H,1H3/b14-7-. The average molecular weight is 377 g/mol. The molecule has 0 saturated carbocycles. The molecule has 0 saturated heterocycles. The van der Waals surface area contributed by atoms with Crippen LogP contribution in [0.3, 0.4) is 0 Å². The molecule has 4 nitrogen and oxygen atoms in total. The summed E-state index contributed by atoms with van der Waals surface area (Å²) in [6.45, 7) is 0. The molecule has 0 bridgehead atoms. The zero-order valence-electron chi connectivity index (χ0n) is 12.4. The molecule has 7 heteroatoms. The summed E-state index contributed by atoms with van der Waals surface area (Å²) in [5, 5.41) is 0.877. The van der Waals surface area contributed by atoms with Gasteiger partial charge in [-0.1, -0.05) is 46.7 Å². The maximum Gasteiger partial charge on any atom is 0.274 e. The van der Waals surface area contributed by atoms with Crippen molar-refractivity contribution in [3.63, 3.8) is 0 Å². The van der Waals surface area contributed by atoms with E-state index in [-0.39, 0.29) is 5.56 Å². The van der Waals surface area contributed by atoms with Crippen LogP contribution in [0.5, 0.6) is 5.75 Å². The number of benzene rings is 2. The molecular weight excluding hydrogens is 367 g/mol. The third kappa shape index (κ3) is 2.36. The lowest BCUT2D eigenvalue weighted by molar-refractivity contribution is 0.414. The number of fused-ring (bicyclic) bond motifs is 3. The van der Waals surface area contributed by atoms with Crippen molar-refractivity contribution < 1.29 is 4.74 Å². The van der Waals surface area contributed by atoms with E-state index in [4.69, 9.17) is 27.9 Å². The second-order valence-corrected chi connectivity index (χ2v) is 7.00. The van der Waals surface area contributed by atoms with E-state index < -0.39 is 0 Å². The Labute approximate surface area is 150 Å². The molecule has 24 heavy (non-hydrogen) atoms. The monoisotopic (exact) mass is 376 g/mol. The molecular formula is C17H10Cl2N2O2S. The van der Waals surface area contributed by atoms with E-state index in [1.165, 1.54) is 18.4 Å². The maximum atomic E-state index is 12.8. The minimum absolute atomic E-state index is 0.123. The van der Waals surface area contributed by atoms with Crippen LogP contribution >= 0.6 is 34.5 Å². The highest BCUT2D eigenvalue weighted by atomic mass is 35.5. The summed E-state index contributed by atoms with van der Waals surface area (Å²) in [5.41, 5.74) is 2.13. The van der Waals surface area contributed by atoms with E-state index in [1.54, 1.807) is 22.6 Å². The molecule has 0 aliphatic heterocycles. The lowest BCUT2D eigenvalue weighted by Crippen LogP contribution is -2.22. The van der Waals surface area contributed by atoms with Gasteiger partial charge in [0.15, 0.2) is 4.96 Å². The highest BCUT2D eigenvalue weighted by molar-refractivity contribution is 7.15. The number of rotatable bonds is 2. The Balaban J connectivity index is 2.02. The largest absolute Gasteiger partial charge is 0.495 e. The number of ether oxygens (including phenoxy) is 1. The first-order chi connectivity index (χ1) is 11.6. The number of halogens is 2. The Morgan fingerprint density at radius 3 is 2.83 bits per heavy atom. The second kappa shape index (κ2) is 5.77. The molecule has 0 atom stereocenters. The molecule has 120 valence electrons. The zero-order chi connectivity index (χ0) is 16.8. The van der Waals surface area contributed by atoms with Crippen LogP contribution in [0.25, 0.3) is 22.1 Å². The Kier molecular flexibility index (Phi) is 3.72. The predicted molar refractivity (Wildman–Crippen MR) is 98.6 cm³/mol. The van der Waals surface area contributed by atoms with Gasteiger partial charge in [-0.25, -0.2) is 9.38 Å². The summed E-state index contributed by atoms with van der Waals surface area (Å²) in [5.74, 6) is 0.483. The minimum Gasteiger partial charge on any atom is -0.495 e. The molecule has 0 aliphatic rings. The first-order valence-corrected chi connectivity index (χ1v) is 8.60. The van der Waals surface area contributed by atoms with Gasteiger partial charge >= 0.3 is 0 Å². The van der Waals surface area contributed by atoms with E-state index in [0.29, 0.717) is 30.9 Å². The van der Waals surface area contributed by atoms with Crippen molar-refractivity contribution >= 4 is 56.6 Å². The molecule has 4 aromatic rings. The highest BCUT2D eigenvalue weighted by Gasteiger charge is 2.12. The summed E-state index contributed by atoms with van der Waals surface area (Å²) < 4.78 is 7.48. The molecule has 0 amide bonds. The van der Waals surface area contributed by atoms with E-state index in [9.17, 15) is 4.79 Å². The van der Waals surface area contributed by atoms with Gasteiger partial charge in [-0.2, -0.15) is 0 Å². The van der Waals surface area contributed by atoms with E-state index in [0.717, 1.165) is 11.0 Å². The normalized spacial score (nSPS) is 12.4. The summed E-state index contributed by atoms with van der Waals surface area (Å²) in [6, 6.07) is 10.9. The number of methoxy groups -OCH3 is 1. The fourth-order valence-electron chi connectivity index (χ4n) is 2.66. The van der Waals surface area contributed by atoms with Gasteiger partial charge in [0.05, 0.1) is 27.7 Å². The molecule has 0 spiro atoms. The fourth-order valence-corrected chi connectivity index (χ4v) is 4.22. The van der Waals surface area contributed by atoms with E-state index in [1.807, 2.05) is 24.3 Å². The fraction of sp³-hybridized carbons (Fsp3) is 0.0588. The number of aromatic nitrogens is 2. The van der Waals surface area contributed by atoms with Gasteiger partial charge in [0.2, 0.25) is 0 Å². The van der Waals surface area contributed by atoms with Crippen molar-refractivity contribution in [2.45, 2.75) is 0 Å². The van der Waals surface area contributed by atoms with Crippen LogP contribution in [0.4, 0.5) is 0 Å². The molecule has 0 unspecified atom stereocenters. The Hall–Kier alpha value is -2.08. The Morgan fingerprint density at radius 2 is 2.04 bits per heavy atom. The van der Waals surface area contributed by atoms with Gasteiger partial charge in [0.1, 0.15) is 5.75 Å². The number of imidazole rings is 1. The van der Waals surface area contributed by atoms with Gasteiger partial charge in [-0.3, -0.25) is 4.79 Å². The zero-order valence-corrected chi connectivity index (χ0v) is 14.7. The van der Waals surface area contributed by atoms with E-state index >= 15 is 0 Å². The molecule has 2 heterocycles. The summed E-state index contributed by atoms with van der Waals surface area (Å²) in [7, 11) is 1.53. The number of thiazole rings is 1. The quantitative estimate of drug-likeness (QED) is 0.534. The number of hydrogen-bond donors (Lipinski definition) is 0. The predicted octanol–water partition coefficient (Wildman–Crippen LogP) is 3.77. The smallest absolute Gasteiger partial charge is 0.274 e. The van der Waals surface area contributed by atoms with Gasteiger partial charge in [-0.15, -0.1) is 0 Å². The van der Waals surface area contributed by atoms with Crippen LogP contribution in [-0.2, 0) is 0 Å². The van der Waals surface area contributed by atoms with Crippen molar-refractivity contribution in [3.8, 4) is 5.75 Å². The number of nitrogens with zero attached hydrogens (tertiary/aromatic N) is 2. The first-order valence-electron chi connectivity index (χ1n) is 7.03. The lowest BCUT2D eigenvalue weighted by Gasteiger charge is -2.07. The van der Waals surface area contributed by atoms with Crippen LogP contribution in [0.15, 0.2) is 41.2 Å². The summed E-state index contributed by atoms with van der Waals surface area (Å²) in [6.07, 6.45) is 1.73. The summed E-state index contributed by atoms with van der Waals surface area (Å²) in [4.78, 5) is 17.9. The molecule has 4 rings (SSSR count). The Morgan fingerprint density at radius 1 is 1.25 bits per heavy atom. The van der Waals surface area contributed by atoms with Gasteiger partial charge in [-0.05, 0) is 30.3 Å². The van der Waals surface area contributed by atoms with Crippen molar-refractivity contribution in [2.75, 3.05) is 7.11 Å². The topological polar surface area (TPSA) is 43.6 Å². The SMILES string of the molecule is COc1c(Cl)cc(Cl)cc1/C=c1\sc2nc3ccccc3n2c1=O. The third-order valence-corrected chi connectivity index (χ3v) is 5.14. The van der Waals surface area contributed by atoms with Crippen LogP contribution in [0.2, 0.25) is 10.0 Å². The third-order valence-electron chi connectivity index (χ3n) is 3.67. The van der Waals surface area contributed by atoms with Crippen molar-refractivity contribution in [1.29, 1.82) is 0 Å².